The summed E-state index contributed by atoms with van der Waals surface area (Å²) in [4.78, 5) is 7.09. The molecule has 7 nitrogen and oxygen atoms in total. The van der Waals surface area contributed by atoms with Crippen LogP contribution in [0.2, 0.25) is 0 Å². The van der Waals surface area contributed by atoms with Gasteiger partial charge in [0.15, 0.2) is 5.96 Å². The molecule has 2 rings (SSSR count). The van der Waals surface area contributed by atoms with Crippen LogP contribution in [0.25, 0.3) is 0 Å². The van der Waals surface area contributed by atoms with Crippen LogP contribution in [0.3, 0.4) is 0 Å². The van der Waals surface area contributed by atoms with Gasteiger partial charge in [-0.3, -0.25) is 4.90 Å². The second kappa shape index (κ2) is 15.0. The summed E-state index contributed by atoms with van der Waals surface area (Å²) in [5.74, 6) is 2.17. The Morgan fingerprint density at radius 3 is 2.80 bits per heavy atom. The van der Waals surface area contributed by atoms with E-state index in [2.05, 4.69) is 41.5 Å². The van der Waals surface area contributed by atoms with Crippen LogP contribution in [0, 0.1) is 5.92 Å². The predicted molar refractivity (Wildman–Crippen MR) is 122 cm³/mol. The molecule has 0 radical (unpaired) electrons. The van der Waals surface area contributed by atoms with E-state index in [4.69, 9.17) is 14.5 Å². The Balaban J connectivity index is 1.82. The van der Waals surface area contributed by atoms with Crippen molar-refractivity contribution in [1.82, 2.24) is 15.5 Å². The van der Waals surface area contributed by atoms with Gasteiger partial charge in [0.25, 0.3) is 0 Å². The molecule has 1 aliphatic heterocycles. The zero-order valence-electron chi connectivity index (χ0n) is 18.7. The van der Waals surface area contributed by atoms with Gasteiger partial charge in [0.05, 0.1) is 19.8 Å². The fraction of sp³-hybridized carbons (Fsp3) is 0.696. The average molecular weight is 421 g/mol. The Kier molecular flexibility index (Phi) is 12.3. The van der Waals surface area contributed by atoms with Crippen molar-refractivity contribution in [3.63, 3.8) is 0 Å². The van der Waals surface area contributed by atoms with Crippen LogP contribution in [-0.4, -0.2) is 75.1 Å². The zero-order valence-corrected chi connectivity index (χ0v) is 18.7. The molecule has 7 heteroatoms. The van der Waals surface area contributed by atoms with Crippen molar-refractivity contribution in [3.05, 3.63) is 29.8 Å². The van der Waals surface area contributed by atoms with E-state index >= 15 is 0 Å². The van der Waals surface area contributed by atoms with Crippen LogP contribution < -0.4 is 15.4 Å². The van der Waals surface area contributed by atoms with Crippen LogP contribution in [0.1, 0.15) is 38.7 Å². The van der Waals surface area contributed by atoms with Crippen LogP contribution in [0.5, 0.6) is 5.75 Å². The molecule has 1 fully saturated rings. The minimum Gasteiger partial charge on any atom is -0.492 e. The van der Waals surface area contributed by atoms with Gasteiger partial charge < -0.3 is 25.2 Å². The monoisotopic (exact) mass is 420 g/mol. The third-order valence-electron chi connectivity index (χ3n) is 5.23. The zero-order chi connectivity index (χ0) is 21.4. The van der Waals surface area contributed by atoms with Crippen molar-refractivity contribution in [2.24, 2.45) is 10.9 Å². The number of hydrogen-bond acceptors (Lipinski definition) is 5. The number of aliphatic hydroxyl groups is 1. The van der Waals surface area contributed by atoms with Gasteiger partial charge in [0.1, 0.15) is 12.4 Å². The first-order valence-corrected chi connectivity index (χ1v) is 11.4. The summed E-state index contributed by atoms with van der Waals surface area (Å²) in [5, 5.41) is 16.0. The quantitative estimate of drug-likeness (QED) is 0.336. The Bertz CT molecular complexity index is 600. The molecule has 0 amide bonds. The van der Waals surface area contributed by atoms with E-state index < -0.39 is 0 Å². The van der Waals surface area contributed by atoms with E-state index in [1.54, 1.807) is 0 Å². The maximum Gasteiger partial charge on any atom is 0.191 e. The number of aliphatic imine (C=N–C) groups is 1. The summed E-state index contributed by atoms with van der Waals surface area (Å²) < 4.78 is 11.3. The standard InChI is InChI=1S/C23H40N4O3/c1-3-6-20(9-13-28)18-25-23(24-4-2)26-19-21-7-5-8-22(17-21)30-16-12-27-10-14-29-15-11-27/h5,7-8,17,20,28H,3-4,6,9-16,18-19H2,1-2H3,(H2,24,25,26). The summed E-state index contributed by atoms with van der Waals surface area (Å²) >= 11 is 0. The molecule has 30 heavy (non-hydrogen) atoms. The normalized spacial score (nSPS) is 16.3. The molecule has 0 saturated carbocycles. The van der Waals surface area contributed by atoms with Crippen molar-refractivity contribution in [2.75, 3.05) is 59.2 Å². The lowest BCUT2D eigenvalue weighted by atomic mass is 10.0. The highest BCUT2D eigenvalue weighted by Crippen LogP contribution is 2.14. The van der Waals surface area contributed by atoms with Crippen LogP contribution in [-0.2, 0) is 11.3 Å². The van der Waals surface area contributed by atoms with E-state index in [0.717, 1.165) is 82.5 Å². The number of rotatable bonds is 13. The molecule has 1 aromatic carbocycles. The second-order valence-corrected chi connectivity index (χ2v) is 7.69. The summed E-state index contributed by atoms with van der Waals surface area (Å²) in [6.45, 7) is 11.9. The number of nitrogens with zero attached hydrogens (tertiary/aromatic N) is 2. The summed E-state index contributed by atoms with van der Waals surface area (Å²) in [6.07, 6.45) is 3.05. The van der Waals surface area contributed by atoms with Crippen molar-refractivity contribution in [2.45, 2.75) is 39.7 Å². The smallest absolute Gasteiger partial charge is 0.191 e. The lowest BCUT2D eigenvalue weighted by molar-refractivity contribution is 0.0322. The van der Waals surface area contributed by atoms with Gasteiger partial charge in [-0.15, -0.1) is 0 Å². The van der Waals surface area contributed by atoms with Crippen molar-refractivity contribution < 1.29 is 14.6 Å². The molecule has 1 saturated heterocycles. The number of benzene rings is 1. The highest BCUT2D eigenvalue weighted by molar-refractivity contribution is 5.79. The molecule has 1 aliphatic rings. The van der Waals surface area contributed by atoms with Gasteiger partial charge in [-0.1, -0.05) is 25.5 Å². The first kappa shape index (κ1) is 24.4. The maximum absolute atomic E-state index is 9.25. The molecule has 0 spiro atoms. The van der Waals surface area contributed by atoms with Gasteiger partial charge >= 0.3 is 0 Å². The topological polar surface area (TPSA) is 78.3 Å². The van der Waals surface area contributed by atoms with Crippen LogP contribution in [0.15, 0.2) is 29.3 Å². The highest BCUT2D eigenvalue weighted by atomic mass is 16.5. The first-order valence-electron chi connectivity index (χ1n) is 11.4. The first-order chi connectivity index (χ1) is 14.7. The van der Waals surface area contributed by atoms with Crippen LogP contribution >= 0.6 is 0 Å². The molecule has 1 aromatic rings. The lowest BCUT2D eigenvalue weighted by Crippen LogP contribution is -2.40. The molecule has 1 heterocycles. The van der Waals surface area contributed by atoms with Crippen molar-refractivity contribution in [1.29, 1.82) is 0 Å². The molecule has 1 unspecified atom stereocenters. The van der Waals surface area contributed by atoms with Gasteiger partial charge in [0, 0.05) is 39.3 Å². The molecular weight excluding hydrogens is 380 g/mol. The number of nitrogens with one attached hydrogen (secondary N) is 2. The van der Waals surface area contributed by atoms with Crippen molar-refractivity contribution in [3.8, 4) is 5.75 Å². The SMILES string of the molecule is CCCC(CCO)CNC(=NCc1cccc(OCCN2CCOCC2)c1)NCC. The van der Waals surface area contributed by atoms with Gasteiger partial charge in [0.2, 0.25) is 0 Å². The summed E-state index contributed by atoms with van der Waals surface area (Å²) in [7, 11) is 0. The molecule has 0 aliphatic carbocycles. The number of aliphatic hydroxyl groups excluding tert-OH is 1. The molecular formula is C23H40N4O3. The summed E-state index contributed by atoms with van der Waals surface area (Å²) in [5.41, 5.74) is 1.12. The fourth-order valence-electron chi connectivity index (χ4n) is 3.54. The van der Waals surface area contributed by atoms with E-state index in [9.17, 15) is 5.11 Å². The highest BCUT2D eigenvalue weighted by Gasteiger charge is 2.10. The van der Waals surface area contributed by atoms with Gasteiger partial charge in [-0.2, -0.15) is 0 Å². The van der Waals surface area contributed by atoms with Gasteiger partial charge in [-0.25, -0.2) is 4.99 Å². The Morgan fingerprint density at radius 1 is 1.23 bits per heavy atom. The predicted octanol–water partition coefficient (Wildman–Crippen LogP) is 2.25. The maximum atomic E-state index is 9.25. The number of ether oxygens (including phenoxy) is 2. The summed E-state index contributed by atoms with van der Waals surface area (Å²) in [6, 6.07) is 8.17. The Labute approximate surface area is 181 Å². The Hall–Kier alpha value is -1.83. The van der Waals surface area contributed by atoms with Crippen molar-refractivity contribution >= 4 is 5.96 Å². The molecule has 1 atom stereocenters. The minimum atomic E-state index is 0.234. The minimum absolute atomic E-state index is 0.234. The number of morpholine rings is 1. The third kappa shape index (κ3) is 9.78. The lowest BCUT2D eigenvalue weighted by Gasteiger charge is -2.26. The second-order valence-electron chi connectivity index (χ2n) is 7.69. The fourth-order valence-corrected chi connectivity index (χ4v) is 3.54. The van der Waals surface area contributed by atoms with E-state index in [0.29, 0.717) is 19.1 Å². The third-order valence-corrected chi connectivity index (χ3v) is 5.23. The number of hydrogen-bond donors (Lipinski definition) is 3. The van der Waals surface area contributed by atoms with Gasteiger partial charge in [-0.05, 0) is 43.4 Å². The van der Waals surface area contributed by atoms with E-state index in [-0.39, 0.29) is 6.61 Å². The van der Waals surface area contributed by atoms with E-state index in [1.807, 2.05) is 12.1 Å². The van der Waals surface area contributed by atoms with E-state index in [1.165, 1.54) is 0 Å². The molecule has 170 valence electrons. The molecule has 0 aromatic heterocycles. The number of guanidine groups is 1. The molecule has 3 N–H and O–H groups in total. The Morgan fingerprint density at radius 2 is 2.07 bits per heavy atom. The average Bonchev–Trinajstić information content (AvgIpc) is 2.77. The van der Waals surface area contributed by atoms with Crippen LogP contribution in [0.4, 0.5) is 0 Å². The molecule has 0 bridgehead atoms. The largest absolute Gasteiger partial charge is 0.492 e.